The Labute approximate surface area is 233 Å². The highest BCUT2D eigenvalue weighted by Gasteiger charge is 2.22. The lowest BCUT2D eigenvalue weighted by atomic mass is 9.92. The first-order chi connectivity index (χ1) is 19.1. The van der Waals surface area contributed by atoms with Gasteiger partial charge in [-0.05, 0) is 42.7 Å². The molecule has 0 radical (unpaired) electrons. The van der Waals surface area contributed by atoms with Gasteiger partial charge in [-0.15, -0.1) is 11.8 Å². The highest BCUT2D eigenvalue weighted by Crippen LogP contribution is 2.34. The minimum atomic E-state index is -0.490. The van der Waals surface area contributed by atoms with Gasteiger partial charge in [-0.25, -0.2) is 23.8 Å². The maximum absolute atomic E-state index is 13.9. The van der Waals surface area contributed by atoms with Gasteiger partial charge >= 0.3 is 6.03 Å². The molecular weight excluding hydrogens is 533 g/mol. The Bertz CT molecular complexity index is 1780. The van der Waals surface area contributed by atoms with E-state index in [0.29, 0.717) is 39.9 Å². The average molecular weight is 560 g/mol. The first-order valence-corrected chi connectivity index (χ1v) is 13.5. The molecule has 0 fully saturated rings. The van der Waals surface area contributed by atoms with Crippen molar-refractivity contribution in [1.29, 1.82) is 0 Å². The van der Waals surface area contributed by atoms with Crippen LogP contribution >= 0.6 is 11.8 Å². The van der Waals surface area contributed by atoms with E-state index in [1.165, 1.54) is 41.0 Å². The number of carbonyl (C=O) groups is 1. The minimum absolute atomic E-state index is 0.293. The van der Waals surface area contributed by atoms with Crippen molar-refractivity contribution in [2.45, 2.75) is 31.1 Å². The molecule has 10 nitrogen and oxygen atoms in total. The smallest absolute Gasteiger partial charge is 0.324 e. The molecule has 12 heteroatoms. The summed E-state index contributed by atoms with van der Waals surface area (Å²) in [4.78, 5) is 36.3. The lowest BCUT2D eigenvalue weighted by Gasteiger charge is -2.14. The fourth-order valence-electron chi connectivity index (χ4n) is 3.88. The Hall–Kier alpha value is -4.71. The quantitative estimate of drug-likeness (QED) is 0.215. The fourth-order valence-corrected chi connectivity index (χ4v) is 4.46. The van der Waals surface area contributed by atoms with Crippen LogP contribution in [0.25, 0.3) is 16.9 Å². The Balaban J connectivity index is 1.38. The molecule has 5 aromatic rings. The number of ether oxygens (including phenoxy) is 1. The third kappa shape index (κ3) is 5.81. The standard InChI is InChI=1S/C28H26FN7O3S/c1-28(2,3)22-14-23(36(35-22)17-7-5-6-16(29)12-17)33-27(38)32-19-9-8-18(13-21(19)40-4)39-20-10-11-30-26-25(20)31-15-24(37)34-26/h5-15H,1-4H3,(H,30,34,37)(H2,32,33,38). The van der Waals surface area contributed by atoms with Gasteiger partial charge in [0.25, 0.3) is 5.56 Å². The van der Waals surface area contributed by atoms with E-state index in [4.69, 9.17) is 4.74 Å². The van der Waals surface area contributed by atoms with Crippen LogP contribution in [0, 0.1) is 5.82 Å². The molecular formula is C28H26FN7O3S. The summed E-state index contributed by atoms with van der Waals surface area (Å²) in [6.07, 6.45) is 4.57. The van der Waals surface area contributed by atoms with Crippen molar-refractivity contribution < 1.29 is 13.9 Å². The van der Waals surface area contributed by atoms with Crippen molar-refractivity contribution in [3.05, 3.63) is 88.9 Å². The third-order valence-electron chi connectivity index (χ3n) is 5.86. The maximum Gasteiger partial charge on any atom is 0.324 e. The van der Waals surface area contributed by atoms with Gasteiger partial charge in [0.1, 0.15) is 22.9 Å². The van der Waals surface area contributed by atoms with Gasteiger partial charge in [-0.2, -0.15) is 5.10 Å². The summed E-state index contributed by atoms with van der Waals surface area (Å²) in [7, 11) is 0. The van der Waals surface area contributed by atoms with Crippen LogP contribution in [0.4, 0.5) is 20.7 Å². The molecule has 0 aliphatic carbocycles. The zero-order valence-corrected chi connectivity index (χ0v) is 23.0. The SMILES string of the molecule is CSc1cc(Oc2ccnc3[nH]c(=O)cnc23)ccc1NC(=O)Nc1cc(C(C)(C)C)nn1-c1cccc(F)c1. The summed E-state index contributed by atoms with van der Waals surface area (Å²) in [5, 5.41) is 10.3. The normalized spacial score (nSPS) is 11.4. The highest BCUT2D eigenvalue weighted by molar-refractivity contribution is 7.98. The summed E-state index contributed by atoms with van der Waals surface area (Å²) in [6, 6.07) is 14.2. The zero-order valence-electron chi connectivity index (χ0n) is 22.2. The summed E-state index contributed by atoms with van der Waals surface area (Å²) in [5.74, 6) is 0.923. The monoisotopic (exact) mass is 559 g/mol. The first-order valence-electron chi connectivity index (χ1n) is 12.2. The number of carbonyl (C=O) groups excluding carboxylic acids is 1. The summed E-state index contributed by atoms with van der Waals surface area (Å²) >= 11 is 1.43. The van der Waals surface area contributed by atoms with E-state index in [0.717, 1.165) is 10.6 Å². The minimum Gasteiger partial charge on any atom is -0.455 e. The molecule has 3 aromatic heterocycles. The summed E-state index contributed by atoms with van der Waals surface area (Å²) in [6.45, 7) is 6.02. The van der Waals surface area contributed by atoms with Crippen molar-refractivity contribution in [3.63, 3.8) is 0 Å². The number of thioether (sulfide) groups is 1. The Morgan fingerprint density at radius 3 is 2.65 bits per heavy atom. The molecule has 0 aliphatic heterocycles. The van der Waals surface area contributed by atoms with Crippen LogP contribution < -0.4 is 20.9 Å². The lowest BCUT2D eigenvalue weighted by Crippen LogP contribution is -2.21. The topological polar surface area (TPSA) is 127 Å². The Morgan fingerprint density at radius 2 is 1.90 bits per heavy atom. The molecule has 0 saturated heterocycles. The van der Waals surface area contributed by atoms with Gasteiger partial charge in [-0.1, -0.05) is 26.8 Å². The van der Waals surface area contributed by atoms with Gasteiger partial charge < -0.3 is 15.0 Å². The van der Waals surface area contributed by atoms with Crippen LogP contribution in [0.1, 0.15) is 26.5 Å². The lowest BCUT2D eigenvalue weighted by molar-refractivity contribution is 0.262. The molecule has 0 unspecified atom stereocenters. The van der Waals surface area contributed by atoms with Crippen molar-refractivity contribution in [2.75, 3.05) is 16.9 Å². The van der Waals surface area contributed by atoms with Crippen LogP contribution in [-0.4, -0.2) is 37.0 Å². The number of nitrogens with one attached hydrogen (secondary N) is 3. The second-order valence-electron chi connectivity index (χ2n) is 9.85. The van der Waals surface area contributed by atoms with E-state index in [-0.39, 0.29) is 11.0 Å². The molecule has 3 heterocycles. The largest absolute Gasteiger partial charge is 0.455 e. The van der Waals surface area contributed by atoms with Gasteiger partial charge in [0.15, 0.2) is 11.4 Å². The number of fused-ring (bicyclic) bond motifs is 1. The van der Waals surface area contributed by atoms with Gasteiger partial charge in [0.2, 0.25) is 0 Å². The number of hydrogen-bond donors (Lipinski definition) is 3. The number of hydrogen-bond acceptors (Lipinski definition) is 7. The summed E-state index contributed by atoms with van der Waals surface area (Å²) in [5.41, 5.74) is 1.87. The third-order valence-corrected chi connectivity index (χ3v) is 6.64. The van der Waals surface area contributed by atoms with Gasteiger partial charge in [-0.3, -0.25) is 10.1 Å². The molecule has 40 heavy (non-hydrogen) atoms. The number of aromatic nitrogens is 5. The van der Waals surface area contributed by atoms with Crippen LogP contribution in [0.3, 0.4) is 0 Å². The molecule has 0 bridgehead atoms. The van der Waals surface area contributed by atoms with Crippen molar-refractivity contribution in [1.82, 2.24) is 24.7 Å². The van der Waals surface area contributed by atoms with E-state index in [1.807, 2.05) is 27.0 Å². The average Bonchev–Trinajstić information content (AvgIpc) is 3.34. The highest BCUT2D eigenvalue weighted by atomic mass is 32.2. The van der Waals surface area contributed by atoms with Crippen molar-refractivity contribution in [3.8, 4) is 17.2 Å². The Kier molecular flexibility index (Phi) is 7.26. The molecule has 0 spiro atoms. The van der Waals surface area contributed by atoms with E-state index < -0.39 is 11.8 Å². The molecule has 3 N–H and O–H groups in total. The Morgan fingerprint density at radius 1 is 1.07 bits per heavy atom. The number of nitrogens with zero attached hydrogens (tertiary/aromatic N) is 4. The number of benzene rings is 2. The second-order valence-corrected chi connectivity index (χ2v) is 10.7. The number of pyridine rings is 1. The number of rotatable bonds is 6. The molecule has 204 valence electrons. The number of H-pyrrole nitrogens is 1. The number of aromatic amines is 1. The maximum atomic E-state index is 13.9. The van der Waals surface area contributed by atoms with Gasteiger partial charge in [0.05, 0.1) is 23.3 Å². The molecule has 0 aliphatic rings. The van der Waals surface area contributed by atoms with E-state index in [2.05, 4.69) is 30.7 Å². The molecule has 5 rings (SSSR count). The molecule has 2 aromatic carbocycles. The number of halogens is 1. The number of urea groups is 1. The predicted molar refractivity (Wildman–Crippen MR) is 153 cm³/mol. The van der Waals surface area contributed by atoms with Crippen molar-refractivity contribution in [2.24, 2.45) is 0 Å². The van der Waals surface area contributed by atoms with Crippen LogP contribution in [-0.2, 0) is 5.41 Å². The first kappa shape index (κ1) is 26.9. The second kappa shape index (κ2) is 10.8. The number of anilines is 2. The number of amides is 2. The zero-order chi connectivity index (χ0) is 28.4. The van der Waals surface area contributed by atoms with Gasteiger partial charge in [0, 0.05) is 28.6 Å². The van der Waals surface area contributed by atoms with Crippen LogP contribution in [0.5, 0.6) is 11.5 Å². The summed E-state index contributed by atoms with van der Waals surface area (Å²) < 4.78 is 21.5. The van der Waals surface area contributed by atoms with E-state index in [9.17, 15) is 14.0 Å². The van der Waals surface area contributed by atoms with Crippen molar-refractivity contribution >= 4 is 40.5 Å². The molecule has 2 amide bonds. The van der Waals surface area contributed by atoms with E-state index >= 15 is 0 Å². The van der Waals surface area contributed by atoms with Crippen LogP contribution in [0.2, 0.25) is 0 Å². The molecule has 0 saturated carbocycles. The molecule has 0 atom stereocenters. The van der Waals surface area contributed by atoms with Crippen LogP contribution in [0.15, 0.2) is 76.7 Å². The van der Waals surface area contributed by atoms with E-state index in [1.54, 1.807) is 42.5 Å². The fraction of sp³-hybridized carbons (Fsp3) is 0.179. The predicted octanol–water partition coefficient (Wildman–Crippen LogP) is 6.10.